The molecule has 1 atom stereocenters. The average Bonchev–Trinajstić information content (AvgIpc) is 3.46. The van der Waals surface area contributed by atoms with Crippen LogP contribution in [-0.4, -0.2) is 35.1 Å². The zero-order chi connectivity index (χ0) is 25.4. The molecule has 0 saturated carbocycles. The molecule has 0 aromatic heterocycles. The maximum Gasteiger partial charge on any atom is 0.300 e. The first-order chi connectivity index (χ1) is 17.4. The fraction of sp³-hybridized carbons (Fsp3) is 0.154. The van der Waals surface area contributed by atoms with Crippen LogP contribution in [-0.2, 0) is 9.59 Å². The van der Waals surface area contributed by atoms with E-state index in [0.29, 0.717) is 35.1 Å². The van der Waals surface area contributed by atoms with Gasteiger partial charge in [0.25, 0.3) is 17.4 Å². The molecule has 1 amide bonds. The van der Waals surface area contributed by atoms with Gasteiger partial charge in [-0.15, -0.1) is 0 Å². The van der Waals surface area contributed by atoms with E-state index < -0.39 is 28.4 Å². The lowest BCUT2D eigenvalue weighted by Gasteiger charge is -2.25. The summed E-state index contributed by atoms with van der Waals surface area (Å²) >= 11 is 0. The van der Waals surface area contributed by atoms with Crippen LogP contribution in [0.3, 0.4) is 0 Å². The quantitative estimate of drug-likeness (QED) is 0.178. The van der Waals surface area contributed by atoms with Crippen molar-refractivity contribution in [2.75, 3.05) is 18.3 Å². The Hall–Kier alpha value is -4.86. The van der Waals surface area contributed by atoms with Crippen LogP contribution in [0.15, 0.2) is 72.3 Å². The van der Waals surface area contributed by atoms with Gasteiger partial charge >= 0.3 is 0 Å². The van der Waals surface area contributed by atoms with Crippen molar-refractivity contribution in [1.29, 1.82) is 0 Å². The lowest BCUT2D eigenvalue weighted by atomic mass is 9.95. The number of anilines is 1. The van der Waals surface area contributed by atoms with Crippen LogP contribution in [0, 0.1) is 10.1 Å². The van der Waals surface area contributed by atoms with E-state index in [0.717, 1.165) is 6.07 Å². The third kappa shape index (κ3) is 3.88. The van der Waals surface area contributed by atoms with E-state index in [1.165, 1.54) is 23.1 Å². The van der Waals surface area contributed by atoms with Crippen molar-refractivity contribution in [1.82, 2.24) is 0 Å². The van der Waals surface area contributed by atoms with Gasteiger partial charge in [0.1, 0.15) is 11.5 Å². The largest absolute Gasteiger partial charge is 0.507 e. The number of carbonyl (C=O) groups is 2. The number of carbonyl (C=O) groups excluding carboxylic acids is 2. The predicted octanol–water partition coefficient (Wildman–Crippen LogP) is 4.35. The Labute approximate surface area is 205 Å². The van der Waals surface area contributed by atoms with Crippen molar-refractivity contribution in [3.05, 3.63) is 93.5 Å². The highest BCUT2D eigenvalue weighted by Crippen LogP contribution is 2.45. The molecule has 0 bridgehead atoms. The summed E-state index contributed by atoms with van der Waals surface area (Å²) in [5.74, 6) is -0.780. The zero-order valence-corrected chi connectivity index (χ0v) is 19.0. The number of ether oxygens (including phenoxy) is 3. The highest BCUT2D eigenvalue weighted by molar-refractivity contribution is 6.51. The molecule has 1 unspecified atom stereocenters. The van der Waals surface area contributed by atoms with Crippen LogP contribution in [0.25, 0.3) is 5.76 Å². The Morgan fingerprint density at radius 2 is 1.83 bits per heavy atom. The molecular weight excluding hydrogens is 468 g/mol. The fourth-order valence-corrected chi connectivity index (χ4v) is 4.28. The summed E-state index contributed by atoms with van der Waals surface area (Å²) in [6, 6.07) is 15.9. The van der Waals surface area contributed by atoms with Gasteiger partial charge in [0, 0.05) is 29.4 Å². The van der Waals surface area contributed by atoms with Crippen molar-refractivity contribution >= 4 is 28.8 Å². The van der Waals surface area contributed by atoms with Crippen LogP contribution >= 0.6 is 0 Å². The standard InChI is InChI=1S/C26H20N2O8/c1-2-34-19-9-6-15(7-10-19)23-22(24(29)16-4-3-5-18(12-16)28(32)33)25(30)26(31)27(23)17-8-11-20-21(13-17)36-14-35-20/h3-13,23,29H,2,14H2,1H3/b24-22+. The number of nitro groups is 1. The summed E-state index contributed by atoms with van der Waals surface area (Å²) in [6.07, 6.45) is 0. The minimum atomic E-state index is -1.01. The second-order valence-electron chi connectivity index (χ2n) is 8.02. The number of aliphatic hydroxyl groups excluding tert-OH is 1. The Bertz CT molecular complexity index is 1410. The molecule has 2 heterocycles. The van der Waals surface area contributed by atoms with Gasteiger partial charge in [-0.2, -0.15) is 0 Å². The zero-order valence-electron chi connectivity index (χ0n) is 19.0. The Morgan fingerprint density at radius 1 is 1.08 bits per heavy atom. The molecule has 3 aromatic rings. The molecule has 182 valence electrons. The number of rotatable bonds is 6. The van der Waals surface area contributed by atoms with Gasteiger partial charge in [-0.05, 0) is 36.8 Å². The van der Waals surface area contributed by atoms with Crippen LogP contribution in [0.4, 0.5) is 11.4 Å². The van der Waals surface area contributed by atoms with Gasteiger partial charge in [-0.1, -0.05) is 24.3 Å². The lowest BCUT2D eigenvalue weighted by Crippen LogP contribution is -2.29. The van der Waals surface area contributed by atoms with Crippen LogP contribution in [0.1, 0.15) is 24.1 Å². The van der Waals surface area contributed by atoms with E-state index in [1.807, 2.05) is 6.92 Å². The highest BCUT2D eigenvalue weighted by Gasteiger charge is 2.47. The van der Waals surface area contributed by atoms with Crippen LogP contribution < -0.4 is 19.1 Å². The summed E-state index contributed by atoms with van der Waals surface area (Å²) in [6.45, 7) is 2.34. The molecule has 0 aliphatic carbocycles. The summed E-state index contributed by atoms with van der Waals surface area (Å²) in [5, 5.41) is 22.5. The number of Topliss-reactive ketones (excluding diaryl/α,β-unsaturated/α-hetero) is 1. The van der Waals surface area contributed by atoms with Gasteiger partial charge in [0.15, 0.2) is 11.5 Å². The molecule has 0 radical (unpaired) electrons. The first kappa shape index (κ1) is 22.9. The third-order valence-electron chi connectivity index (χ3n) is 5.92. The minimum absolute atomic E-state index is 0.0344. The van der Waals surface area contributed by atoms with Crippen LogP contribution in [0.2, 0.25) is 0 Å². The smallest absolute Gasteiger partial charge is 0.300 e. The van der Waals surface area contributed by atoms with E-state index in [-0.39, 0.29) is 23.6 Å². The number of non-ortho nitro benzene ring substituents is 1. The lowest BCUT2D eigenvalue weighted by molar-refractivity contribution is -0.384. The number of nitrogens with zero attached hydrogens (tertiary/aromatic N) is 2. The second kappa shape index (κ2) is 9.06. The number of hydrogen-bond acceptors (Lipinski definition) is 8. The SMILES string of the molecule is CCOc1ccc(C2/C(=C(\O)c3cccc([N+](=O)[O-])c3)C(=O)C(=O)N2c2ccc3c(c2)OCO3)cc1. The van der Waals surface area contributed by atoms with Gasteiger partial charge in [-0.25, -0.2) is 0 Å². The van der Waals surface area contributed by atoms with Crippen molar-refractivity contribution < 1.29 is 33.8 Å². The molecule has 10 heteroatoms. The maximum absolute atomic E-state index is 13.3. The summed E-state index contributed by atoms with van der Waals surface area (Å²) < 4.78 is 16.3. The normalized spacial score (nSPS) is 17.9. The van der Waals surface area contributed by atoms with Crippen LogP contribution in [0.5, 0.6) is 17.2 Å². The summed E-state index contributed by atoms with van der Waals surface area (Å²) in [5.41, 5.74) is 0.480. The monoisotopic (exact) mass is 488 g/mol. The Morgan fingerprint density at radius 3 is 2.56 bits per heavy atom. The van der Waals surface area contributed by atoms with Gasteiger partial charge in [-0.3, -0.25) is 24.6 Å². The molecule has 0 spiro atoms. The second-order valence-corrected chi connectivity index (χ2v) is 8.02. The topological polar surface area (TPSA) is 128 Å². The molecule has 10 nitrogen and oxygen atoms in total. The first-order valence-corrected chi connectivity index (χ1v) is 11.1. The number of nitro benzene ring substituents is 1. The molecule has 2 aliphatic heterocycles. The Kier molecular flexibility index (Phi) is 5.77. The van der Waals surface area contributed by atoms with Crippen molar-refractivity contribution in [2.45, 2.75) is 13.0 Å². The van der Waals surface area contributed by atoms with E-state index in [9.17, 15) is 24.8 Å². The highest BCUT2D eigenvalue weighted by atomic mass is 16.7. The number of fused-ring (bicyclic) bond motifs is 1. The number of hydrogen-bond donors (Lipinski definition) is 1. The molecule has 3 aromatic carbocycles. The molecule has 5 rings (SSSR count). The van der Waals surface area contributed by atoms with Gasteiger partial charge < -0.3 is 19.3 Å². The molecule has 36 heavy (non-hydrogen) atoms. The Balaban J connectivity index is 1.68. The molecular formula is C26H20N2O8. The number of ketones is 1. The van der Waals surface area contributed by atoms with E-state index in [4.69, 9.17) is 14.2 Å². The van der Waals surface area contributed by atoms with Gasteiger partial charge in [0.05, 0.1) is 23.1 Å². The van der Waals surface area contributed by atoms with Gasteiger partial charge in [0.2, 0.25) is 6.79 Å². The minimum Gasteiger partial charge on any atom is -0.507 e. The number of aliphatic hydroxyl groups is 1. The van der Waals surface area contributed by atoms with E-state index >= 15 is 0 Å². The fourth-order valence-electron chi connectivity index (χ4n) is 4.28. The third-order valence-corrected chi connectivity index (χ3v) is 5.92. The summed E-state index contributed by atoms with van der Waals surface area (Å²) in [4.78, 5) is 38.5. The van der Waals surface area contributed by atoms with E-state index in [2.05, 4.69) is 0 Å². The predicted molar refractivity (Wildman–Crippen MR) is 128 cm³/mol. The number of benzene rings is 3. The van der Waals surface area contributed by atoms with Crippen molar-refractivity contribution in [2.24, 2.45) is 0 Å². The molecule has 1 saturated heterocycles. The number of amides is 1. The van der Waals surface area contributed by atoms with Crippen molar-refractivity contribution in [3.8, 4) is 17.2 Å². The molecule has 2 aliphatic rings. The first-order valence-electron chi connectivity index (χ1n) is 11.1. The summed E-state index contributed by atoms with van der Waals surface area (Å²) in [7, 11) is 0. The van der Waals surface area contributed by atoms with Crippen molar-refractivity contribution in [3.63, 3.8) is 0 Å². The molecule has 1 fully saturated rings. The maximum atomic E-state index is 13.3. The average molecular weight is 488 g/mol. The molecule has 1 N–H and O–H groups in total. The van der Waals surface area contributed by atoms with E-state index in [1.54, 1.807) is 42.5 Å².